The van der Waals surface area contributed by atoms with Crippen LogP contribution in [0.5, 0.6) is 11.5 Å². The molecular weight excluding hydrogens is 396 g/mol. The largest absolute Gasteiger partial charge is 0.508 e. The molecule has 0 aromatic heterocycles. The van der Waals surface area contributed by atoms with E-state index in [1.807, 2.05) is 18.2 Å². The highest BCUT2D eigenvalue weighted by Gasteiger charge is 2.44. The van der Waals surface area contributed by atoms with Crippen molar-refractivity contribution in [2.24, 2.45) is 10.7 Å². The first kappa shape index (κ1) is 20.1. The lowest BCUT2D eigenvalue weighted by Gasteiger charge is -2.32. The number of nitrogens with zero attached hydrogens (tertiary/aromatic N) is 1. The molecule has 0 spiro atoms. The van der Waals surface area contributed by atoms with Crippen molar-refractivity contribution in [2.75, 3.05) is 7.11 Å². The lowest BCUT2D eigenvalue weighted by Crippen LogP contribution is -2.27. The number of allylic oxidation sites excluding steroid dienone is 1. The summed E-state index contributed by atoms with van der Waals surface area (Å²) in [7, 11) is 1.60. The van der Waals surface area contributed by atoms with Crippen LogP contribution in [-0.2, 0) is 5.54 Å². The third-order valence-corrected chi connectivity index (χ3v) is 6.35. The molecule has 3 aromatic rings. The number of amidine groups is 1. The van der Waals surface area contributed by atoms with Crippen LogP contribution in [-0.4, -0.2) is 18.1 Å². The van der Waals surface area contributed by atoms with Crippen molar-refractivity contribution in [3.63, 3.8) is 0 Å². The SMILES string of the molecule is COc1cc(O)cc(-c2cccc(C3(c4cccc(C)c4)N=C(N)C4=C3CCC=C4)c2)c1. The van der Waals surface area contributed by atoms with Gasteiger partial charge >= 0.3 is 0 Å². The summed E-state index contributed by atoms with van der Waals surface area (Å²) in [4.78, 5) is 5.13. The Bertz CT molecular complexity index is 1300. The van der Waals surface area contributed by atoms with Crippen molar-refractivity contribution in [3.05, 3.63) is 107 Å². The Labute approximate surface area is 188 Å². The average Bonchev–Trinajstić information content (AvgIpc) is 3.12. The van der Waals surface area contributed by atoms with Crippen LogP contribution in [0.4, 0.5) is 0 Å². The first-order chi connectivity index (χ1) is 15.5. The fourth-order valence-electron chi connectivity index (χ4n) is 4.89. The Kier molecular flexibility index (Phi) is 4.86. The second kappa shape index (κ2) is 7.72. The van der Waals surface area contributed by atoms with Crippen LogP contribution in [0, 0.1) is 6.92 Å². The molecule has 1 heterocycles. The summed E-state index contributed by atoms with van der Waals surface area (Å²) in [6, 6.07) is 22.2. The van der Waals surface area contributed by atoms with Crippen LogP contribution in [0.15, 0.2) is 95.0 Å². The van der Waals surface area contributed by atoms with Gasteiger partial charge in [-0.05, 0) is 65.8 Å². The molecule has 2 aliphatic rings. The first-order valence-corrected chi connectivity index (χ1v) is 10.8. The summed E-state index contributed by atoms with van der Waals surface area (Å²) in [6.07, 6.45) is 6.16. The first-order valence-electron chi connectivity index (χ1n) is 10.8. The fourth-order valence-corrected chi connectivity index (χ4v) is 4.89. The van der Waals surface area contributed by atoms with Crippen LogP contribution in [0.25, 0.3) is 11.1 Å². The van der Waals surface area contributed by atoms with E-state index in [0.717, 1.165) is 40.7 Å². The van der Waals surface area contributed by atoms with Crippen molar-refractivity contribution in [3.8, 4) is 22.6 Å². The standard InChI is InChI=1S/C28H26N2O2/c1-18-7-5-9-21(13-18)28(26-12-4-3-11-25(26)27(29)30-28)22-10-6-8-19(14-22)20-15-23(31)17-24(16-20)32-2/h3,5-11,13-17,31H,4,12H2,1-2H3,(H2,29,30). The van der Waals surface area contributed by atoms with Gasteiger partial charge in [-0.3, -0.25) is 0 Å². The molecule has 0 saturated heterocycles. The summed E-state index contributed by atoms with van der Waals surface area (Å²) in [5.74, 6) is 1.37. The third-order valence-electron chi connectivity index (χ3n) is 6.35. The second-order valence-corrected chi connectivity index (χ2v) is 8.41. The second-order valence-electron chi connectivity index (χ2n) is 8.41. The molecule has 0 saturated carbocycles. The highest BCUT2D eigenvalue weighted by atomic mass is 16.5. The van der Waals surface area contributed by atoms with Crippen molar-refractivity contribution < 1.29 is 9.84 Å². The lowest BCUT2D eigenvalue weighted by molar-refractivity contribution is 0.408. The van der Waals surface area contributed by atoms with Gasteiger partial charge in [0.25, 0.3) is 0 Å². The summed E-state index contributed by atoms with van der Waals surface area (Å²) in [5, 5.41) is 10.2. The zero-order valence-electron chi connectivity index (χ0n) is 18.3. The molecule has 5 rings (SSSR count). The summed E-state index contributed by atoms with van der Waals surface area (Å²) >= 11 is 0. The zero-order valence-corrected chi connectivity index (χ0v) is 18.3. The highest BCUT2D eigenvalue weighted by Crippen LogP contribution is 2.49. The number of phenolic OH excluding ortho intramolecular Hbond substituents is 1. The van der Waals surface area contributed by atoms with E-state index in [4.69, 9.17) is 15.5 Å². The number of ether oxygens (including phenoxy) is 1. The smallest absolute Gasteiger partial charge is 0.135 e. The number of hydrogen-bond acceptors (Lipinski definition) is 4. The third kappa shape index (κ3) is 3.19. The Morgan fingerprint density at radius 1 is 0.969 bits per heavy atom. The molecule has 3 N–H and O–H groups in total. The molecule has 0 fully saturated rings. The number of aromatic hydroxyl groups is 1. The Hall–Kier alpha value is -3.79. The van der Waals surface area contributed by atoms with E-state index in [2.05, 4.69) is 55.5 Å². The van der Waals surface area contributed by atoms with Crippen LogP contribution in [0.1, 0.15) is 29.5 Å². The topological polar surface area (TPSA) is 67.8 Å². The molecule has 4 nitrogen and oxygen atoms in total. The van der Waals surface area contributed by atoms with Crippen LogP contribution in [0.2, 0.25) is 0 Å². The number of phenols is 1. The van der Waals surface area contributed by atoms with E-state index < -0.39 is 5.54 Å². The van der Waals surface area contributed by atoms with Gasteiger partial charge in [0.15, 0.2) is 0 Å². The molecule has 0 bridgehead atoms. The van der Waals surface area contributed by atoms with Crippen molar-refractivity contribution in [1.29, 1.82) is 0 Å². The molecule has 1 aliphatic heterocycles. The molecule has 3 aromatic carbocycles. The Morgan fingerprint density at radius 2 is 1.75 bits per heavy atom. The number of nitrogens with two attached hydrogens (primary N) is 1. The molecule has 1 unspecified atom stereocenters. The van der Waals surface area contributed by atoms with E-state index in [9.17, 15) is 5.11 Å². The maximum Gasteiger partial charge on any atom is 0.135 e. The van der Waals surface area contributed by atoms with Crippen molar-refractivity contribution in [2.45, 2.75) is 25.3 Å². The molecule has 160 valence electrons. The molecule has 32 heavy (non-hydrogen) atoms. The van der Waals surface area contributed by atoms with Crippen molar-refractivity contribution in [1.82, 2.24) is 0 Å². The molecular formula is C28H26N2O2. The van der Waals surface area contributed by atoms with Gasteiger partial charge in [-0.25, -0.2) is 4.99 Å². The summed E-state index contributed by atoms with van der Waals surface area (Å²) < 4.78 is 5.36. The minimum absolute atomic E-state index is 0.170. The Morgan fingerprint density at radius 3 is 2.53 bits per heavy atom. The highest BCUT2D eigenvalue weighted by molar-refractivity contribution is 6.04. The van der Waals surface area contributed by atoms with Gasteiger partial charge in [-0.2, -0.15) is 0 Å². The number of hydrogen-bond donors (Lipinski definition) is 2. The van der Waals surface area contributed by atoms with Gasteiger partial charge < -0.3 is 15.6 Å². The van der Waals surface area contributed by atoms with E-state index in [1.165, 1.54) is 11.1 Å². The van der Waals surface area contributed by atoms with Crippen molar-refractivity contribution >= 4 is 5.84 Å². The zero-order chi connectivity index (χ0) is 22.3. The summed E-state index contributed by atoms with van der Waals surface area (Å²) in [6.45, 7) is 2.10. The minimum Gasteiger partial charge on any atom is -0.508 e. The number of rotatable bonds is 4. The Balaban J connectivity index is 1.75. The van der Waals surface area contributed by atoms with Crippen LogP contribution in [0.3, 0.4) is 0 Å². The van der Waals surface area contributed by atoms with Crippen LogP contribution >= 0.6 is 0 Å². The summed E-state index contributed by atoms with van der Waals surface area (Å²) in [5.41, 5.74) is 13.3. The normalized spacial score (nSPS) is 19.6. The van der Waals surface area contributed by atoms with E-state index in [1.54, 1.807) is 19.2 Å². The number of aryl methyl sites for hydroxylation is 1. The van der Waals surface area contributed by atoms with Gasteiger partial charge in [-0.15, -0.1) is 0 Å². The number of aliphatic imine (C=N–C) groups is 1. The minimum atomic E-state index is -0.660. The maximum atomic E-state index is 10.2. The van der Waals surface area contributed by atoms with Gasteiger partial charge in [0.2, 0.25) is 0 Å². The number of methoxy groups -OCH3 is 1. The predicted octanol–water partition coefficient (Wildman–Crippen LogP) is 5.64. The van der Waals surface area contributed by atoms with Crippen LogP contribution < -0.4 is 10.5 Å². The average molecular weight is 423 g/mol. The van der Waals surface area contributed by atoms with Gasteiger partial charge in [-0.1, -0.05) is 60.2 Å². The van der Waals surface area contributed by atoms with Gasteiger partial charge in [0, 0.05) is 11.6 Å². The van der Waals surface area contributed by atoms with Gasteiger partial charge in [0.05, 0.1) is 7.11 Å². The molecule has 4 heteroatoms. The lowest BCUT2D eigenvalue weighted by atomic mass is 9.73. The fraction of sp³-hybridized carbons (Fsp3) is 0.179. The van der Waals surface area contributed by atoms with E-state index in [0.29, 0.717) is 11.6 Å². The monoisotopic (exact) mass is 422 g/mol. The molecule has 1 aliphatic carbocycles. The van der Waals surface area contributed by atoms with Gasteiger partial charge in [0.1, 0.15) is 22.9 Å². The maximum absolute atomic E-state index is 10.2. The predicted molar refractivity (Wildman–Crippen MR) is 129 cm³/mol. The van der Waals surface area contributed by atoms with E-state index >= 15 is 0 Å². The molecule has 1 atom stereocenters. The molecule has 0 radical (unpaired) electrons. The number of benzene rings is 3. The molecule has 0 amide bonds. The quantitative estimate of drug-likeness (QED) is 0.572. The van der Waals surface area contributed by atoms with E-state index in [-0.39, 0.29) is 5.75 Å².